The second-order valence-electron chi connectivity index (χ2n) is 3.32. The predicted molar refractivity (Wildman–Crippen MR) is 65.4 cm³/mol. The van der Waals surface area contributed by atoms with Crippen molar-refractivity contribution in [1.29, 1.82) is 0 Å². The maximum Gasteiger partial charge on any atom is 0.154 e. The number of benzene rings is 1. The van der Waals surface area contributed by atoms with Gasteiger partial charge in [-0.2, -0.15) is 0 Å². The number of hydrogen-bond donors (Lipinski definition) is 1. The van der Waals surface area contributed by atoms with Gasteiger partial charge in [0.1, 0.15) is 11.6 Å². The summed E-state index contributed by atoms with van der Waals surface area (Å²) in [5.74, 6) is -1.09. The van der Waals surface area contributed by atoms with E-state index < -0.39 is 11.6 Å². The highest BCUT2D eigenvalue weighted by Crippen LogP contribution is 2.33. The van der Waals surface area contributed by atoms with E-state index in [1.54, 1.807) is 18.6 Å². The summed E-state index contributed by atoms with van der Waals surface area (Å²) in [5, 5.41) is 4.62. The van der Waals surface area contributed by atoms with Crippen LogP contribution in [0.15, 0.2) is 32.9 Å². The fourth-order valence-electron chi connectivity index (χ4n) is 1.36. The van der Waals surface area contributed by atoms with Gasteiger partial charge >= 0.3 is 0 Å². The molecule has 1 aromatic carbocycles. The average molecular weight is 272 g/mol. The van der Waals surface area contributed by atoms with Crippen LogP contribution in [-0.2, 0) is 6.54 Å². The van der Waals surface area contributed by atoms with Crippen LogP contribution in [0.5, 0.6) is 0 Å². The van der Waals surface area contributed by atoms with Crippen molar-refractivity contribution in [2.45, 2.75) is 15.8 Å². The molecule has 1 aromatic heterocycles. The van der Waals surface area contributed by atoms with Gasteiger partial charge in [0.05, 0.1) is 4.90 Å². The van der Waals surface area contributed by atoms with Crippen molar-refractivity contribution in [3.63, 3.8) is 0 Å². The van der Waals surface area contributed by atoms with Gasteiger partial charge in [0.15, 0.2) is 4.34 Å². The molecule has 0 radical (unpaired) electrons. The van der Waals surface area contributed by atoms with Gasteiger partial charge < -0.3 is 5.32 Å². The third-order valence-electron chi connectivity index (χ3n) is 2.04. The van der Waals surface area contributed by atoms with Gasteiger partial charge in [0.2, 0.25) is 0 Å². The molecule has 0 spiro atoms. The Kier molecular flexibility index (Phi) is 4.09. The smallest absolute Gasteiger partial charge is 0.154 e. The van der Waals surface area contributed by atoms with Crippen LogP contribution in [0.2, 0.25) is 0 Å². The molecule has 2 nitrogen and oxygen atoms in total. The molecular formula is C11H10F2N2S2. The zero-order valence-corrected chi connectivity index (χ0v) is 10.7. The summed E-state index contributed by atoms with van der Waals surface area (Å²) in [7, 11) is 1.73. The van der Waals surface area contributed by atoms with Crippen LogP contribution in [0, 0.1) is 11.6 Å². The first-order valence-electron chi connectivity index (χ1n) is 4.90. The molecular weight excluding hydrogens is 262 g/mol. The van der Waals surface area contributed by atoms with E-state index in [1.165, 1.54) is 23.5 Å². The molecule has 6 heteroatoms. The number of nitrogens with one attached hydrogen (secondary N) is 1. The van der Waals surface area contributed by atoms with Crippen molar-refractivity contribution in [1.82, 2.24) is 10.3 Å². The van der Waals surface area contributed by atoms with E-state index in [-0.39, 0.29) is 4.90 Å². The standard InChI is InChI=1S/C11H10F2N2S2/c1-14-6-7-4-8(12)10(9(13)5-7)17-11-15-2-3-16-11/h2-5,14H,6H2,1H3. The second-order valence-corrected chi connectivity index (χ2v) is 5.47. The predicted octanol–water partition coefficient (Wildman–Crippen LogP) is 3.29. The zero-order valence-electron chi connectivity index (χ0n) is 9.04. The van der Waals surface area contributed by atoms with Crippen LogP contribution in [0.3, 0.4) is 0 Å². The van der Waals surface area contributed by atoms with E-state index in [9.17, 15) is 8.78 Å². The fraction of sp³-hybridized carbons (Fsp3) is 0.182. The number of rotatable bonds is 4. The molecule has 2 aromatic rings. The van der Waals surface area contributed by atoms with Gasteiger partial charge in [-0.25, -0.2) is 13.8 Å². The molecule has 90 valence electrons. The third kappa shape index (κ3) is 3.02. The summed E-state index contributed by atoms with van der Waals surface area (Å²) in [5.41, 5.74) is 0.589. The van der Waals surface area contributed by atoms with Gasteiger partial charge in [-0.05, 0) is 24.7 Å². The molecule has 2 rings (SSSR count). The normalized spacial score (nSPS) is 10.8. The van der Waals surface area contributed by atoms with Gasteiger partial charge in [-0.3, -0.25) is 0 Å². The Morgan fingerprint density at radius 1 is 1.35 bits per heavy atom. The lowest BCUT2D eigenvalue weighted by atomic mass is 10.2. The van der Waals surface area contributed by atoms with E-state index in [0.29, 0.717) is 16.4 Å². The van der Waals surface area contributed by atoms with Gasteiger partial charge in [0, 0.05) is 18.1 Å². The number of hydrogen-bond acceptors (Lipinski definition) is 4. The Balaban J connectivity index is 2.28. The van der Waals surface area contributed by atoms with Crippen LogP contribution < -0.4 is 5.32 Å². The van der Waals surface area contributed by atoms with Crippen molar-refractivity contribution in [2.24, 2.45) is 0 Å². The Bertz CT molecular complexity index is 477. The summed E-state index contributed by atoms with van der Waals surface area (Å²) in [4.78, 5) is 3.99. The molecule has 0 saturated carbocycles. The highest BCUT2D eigenvalue weighted by molar-refractivity contribution is 8.01. The monoisotopic (exact) mass is 272 g/mol. The highest BCUT2D eigenvalue weighted by atomic mass is 32.2. The lowest BCUT2D eigenvalue weighted by molar-refractivity contribution is 0.536. The molecule has 1 N–H and O–H groups in total. The van der Waals surface area contributed by atoms with Crippen molar-refractivity contribution in [3.8, 4) is 0 Å². The SMILES string of the molecule is CNCc1cc(F)c(Sc2nccs2)c(F)c1. The van der Waals surface area contributed by atoms with Crippen LogP contribution in [0.25, 0.3) is 0 Å². The molecule has 0 aliphatic carbocycles. The summed E-state index contributed by atoms with van der Waals surface area (Å²) in [6, 6.07) is 2.69. The van der Waals surface area contributed by atoms with E-state index >= 15 is 0 Å². The van der Waals surface area contributed by atoms with E-state index in [2.05, 4.69) is 10.3 Å². The number of aromatic nitrogens is 1. The lowest BCUT2D eigenvalue weighted by Gasteiger charge is -2.06. The van der Waals surface area contributed by atoms with Crippen LogP contribution in [-0.4, -0.2) is 12.0 Å². The fourth-order valence-corrected chi connectivity index (χ4v) is 2.93. The summed E-state index contributed by atoms with van der Waals surface area (Å²) in [6.07, 6.45) is 1.61. The summed E-state index contributed by atoms with van der Waals surface area (Å²) >= 11 is 2.37. The maximum absolute atomic E-state index is 13.7. The second kappa shape index (κ2) is 5.57. The molecule has 1 heterocycles. The Morgan fingerprint density at radius 3 is 2.59 bits per heavy atom. The van der Waals surface area contributed by atoms with Crippen molar-refractivity contribution in [3.05, 3.63) is 40.9 Å². The van der Waals surface area contributed by atoms with Crippen molar-refractivity contribution < 1.29 is 8.78 Å². The molecule has 0 aliphatic rings. The number of thiazole rings is 1. The first kappa shape index (κ1) is 12.5. The molecule has 0 aliphatic heterocycles. The van der Waals surface area contributed by atoms with Crippen molar-refractivity contribution >= 4 is 23.1 Å². The van der Waals surface area contributed by atoms with E-state index in [0.717, 1.165) is 11.8 Å². The summed E-state index contributed by atoms with van der Waals surface area (Å²) in [6.45, 7) is 0.441. The summed E-state index contributed by atoms with van der Waals surface area (Å²) < 4.78 is 28.1. The van der Waals surface area contributed by atoms with Crippen LogP contribution in [0.4, 0.5) is 8.78 Å². The van der Waals surface area contributed by atoms with Gasteiger partial charge in [-0.15, -0.1) is 11.3 Å². The Morgan fingerprint density at radius 2 is 2.06 bits per heavy atom. The molecule has 0 atom stereocenters. The van der Waals surface area contributed by atoms with Crippen molar-refractivity contribution in [2.75, 3.05) is 7.05 Å². The first-order valence-corrected chi connectivity index (χ1v) is 6.60. The number of nitrogens with zero attached hydrogens (tertiary/aromatic N) is 1. The first-order chi connectivity index (χ1) is 8.20. The van der Waals surface area contributed by atoms with Gasteiger partial charge in [-0.1, -0.05) is 11.8 Å². The highest BCUT2D eigenvalue weighted by Gasteiger charge is 2.13. The number of halogens is 2. The molecule has 0 unspecified atom stereocenters. The minimum Gasteiger partial charge on any atom is -0.316 e. The van der Waals surface area contributed by atoms with E-state index in [1.807, 2.05) is 0 Å². The Labute approximate surface area is 106 Å². The van der Waals surface area contributed by atoms with Gasteiger partial charge in [0.25, 0.3) is 0 Å². The molecule has 17 heavy (non-hydrogen) atoms. The third-order valence-corrected chi connectivity index (χ3v) is 4.02. The lowest BCUT2D eigenvalue weighted by Crippen LogP contribution is -2.06. The maximum atomic E-state index is 13.7. The van der Waals surface area contributed by atoms with Crippen LogP contribution in [0.1, 0.15) is 5.56 Å². The zero-order chi connectivity index (χ0) is 12.3. The molecule has 0 saturated heterocycles. The molecule has 0 amide bonds. The van der Waals surface area contributed by atoms with Crippen LogP contribution >= 0.6 is 23.1 Å². The largest absolute Gasteiger partial charge is 0.316 e. The molecule has 0 fully saturated rings. The average Bonchev–Trinajstić information content (AvgIpc) is 2.76. The quantitative estimate of drug-likeness (QED) is 0.924. The Hall–Kier alpha value is -0.980. The molecule has 0 bridgehead atoms. The minimum atomic E-state index is -0.546. The van der Waals surface area contributed by atoms with E-state index in [4.69, 9.17) is 0 Å². The minimum absolute atomic E-state index is 0.000182. The topological polar surface area (TPSA) is 24.9 Å².